The van der Waals surface area contributed by atoms with E-state index in [0.717, 1.165) is 44.9 Å². The Labute approximate surface area is 217 Å². The highest BCUT2D eigenvalue weighted by atomic mass is 33.1. The van der Waals surface area contributed by atoms with Crippen LogP contribution in [0.3, 0.4) is 0 Å². The molecule has 0 atom stereocenters. The molecule has 12 heteroatoms. The number of carbonyl (C=O) groups is 3. The van der Waals surface area contributed by atoms with Crippen molar-refractivity contribution in [1.82, 2.24) is 5.32 Å². The van der Waals surface area contributed by atoms with E-state index in [1.807, 2.05) is 13.8 Å². The van der Waals surface area contributed by atoms with Crippen LogP contribution in [0.15, 0.2) is 0 Å². The smallest absolute Gasteiger partial charge is 0.407 e. The standard InChI is InChI=1S/C23H41NO8S3/c1-3-8-19(9-4-2)20(25)17-35(29,30)32-13-15-34-33-14-12-31-22(28)24-18-23(16-21(26)27)10-6-5-7-11-23/h19H,3-18H2,1-2H3,(H,24,28)(H,26,27). The van der Waals surface area contributed by atoms with E-state index in [4.69, 9.17) is 8.92 Å². The predicted octanol–water partition coefficient (Wildman–Crippen LogP) is 4.65. The monoisotopic (exact) mass is 555 g/mol. The van der Waals surface area contributed by atoms with Crippen molar-refractivity contribution >= 4 is 49.6 Å². The van der Waals surface area contributed by atoms with Crippen molar-refractivity contribution in [3.63, 3.8) is 0 Å². The average molecular weight is 556 g/mol. The molecular formula is C23H41NO8S3. The van der Waals surface area contributed by atoms with Gasteiger partial charge in [-0.2, -0.15) is 8.42 Å². The van der Waals surface area contributed by atoms with Crippen LogP contribution in [0.5, 0.6) is 0 Å². The molecule has 9 nitrogen and oxygen atoms in total. The van der Waals surface area contributed by atoms with Crippen molar-refractivity contribution in [3.8, 4) is 0 Å². The number of amides is 1. The molecule has 0 heterocycles. The zero-order valence-electron chi connectivity index (χ0n) is 20.9. The molecule has 0 unspecified atom stereocenters. The summed E-state index contributed by atoms with van der Waals surface area (Å²) in [6.07, 6.45) is 7.15. The number of rotatable bonds is 19. The Hall–Kier alpha value is -0.980. The van der Waals surface area contributed by atoms with Gasteiger partial charge in [0.05, 0.1) is 13.0 Å². The first kappa shape index (κ1) is 32.0. The van der Waals surface area contributed by atoms with Gasteiger partial charge in [-0.25, -0.2) is 4.79 Å². The van der Waals surface area contributed by atoms with Gasteiger partial charge in [0.1, 0.15) is 12.4 Å². The largest absolute Gasteiger partial charge is 0.481 e. The third kappa shape index (κ3) is 14.4. The van der Waals surface area contributed by atoms with Crippen LogP contribution in [0.1, 0.15) is 78.1 Å². The highest BCUT2D eigenvalue weighted by molar-refractivity contribution is 8.76. The van der Waals surface area contributed by atoms with Crippen LogP contribution < -0.4 is 5.32 Å². The normalized spacial score (nSPS) is 15.6. The Morgan fingerprint density at radius 2 is 1.60 bits per heavy atom. The first-order valence-electron chi connectivity index (χ1n) is 12.4. The summed E-state index contributed by atoms with van der Waals surface area (Å²) in [6, 6.07) is 0. The lowest BCUT2D eigenvalue weighted by molar-refractivity contribution is -0.140. The van der Waals surface area contributed by atoms with Gasteiger partial charge in [0.15, 0.2) is 5.78 Å². The van der Waals surface area contributed by atoms with Gasteiger partial charge in [0, 0.05) is 24.0 Å². The number of alkyl carbamates (subject to hydrolysis) is 1. The minimum absolute atomic E-state index is 0.0213. The van der Waals surface area contributed by atoms with Gasteiger partial charge < -0.3 is 15.2 Å². The van der Waals surface area contributed by atoms with Gasteiger partial charge in [0.25, 0.3) is 10.1 Å². The second-order valence-electron chi connectivity index (χ2n) is 9.03. The Morgan fingerprint density at radius 3 is 2.17 bits per heavy atom. The van der Waals surface area contributed by atoms with Crippen LogP contribution in [0.25, 0.3) is 0 Å². The molecule has 35 heavy (non-hydrogen) atoms. The molecule has 0 saturated heterocycles. The average Bonchev–Trinajstić information content (AvgIpc) is 2.79. The quantitative estimate of drug-likeness (QED) is 0.132. The van der Waals surface area contributed by atoms with Crippen molar-refractivity contribution in [2.24, 2.45) is 11.3 Å². The summed E-state index contributed by atoms with van der Waals surface area (Å²) in [5.41, 5.74) is -0.397. The molecule has 204 valence electrons. The van der Waals surface area contributed by atoms with E-state index >= 15 is 0 Å². The molecule has 2 N–H and O–H groups in total. The number of nitrogens with one attached hydrogen (secondary N) is 1. The number of carboxylic acids is 1. The van der Waals surface area contributed by atoms with Gasteiger partial charge >= 0.3 is 12.1 Å². The number of ether oxygens (including phenoxy) is 1. The topological polar surface area (TPSA) is 136 Å². The second kappa shape index (κ2) is 17.5. The van der Waals surface area contributed by atoms with E-state index in [9.17, 15) is 27.9 Å². The van der Waals surface area contributed by atoms with Crippen LogP contribution in [0.2, 0.25) is 0 Å². The van der Waals surface area contributed by atoms with Gasteiger partial charge in [0.2, 0.25) is 0 Å². The molecule has 1 fully saturated rings. The van der Waals surface area contributed by atoms with Crippen LogP contribution in [-0.2, 0) is 28.6 Å². The van der Waals surface area contributed by atoms with Crippen molar-refractivity contribution in [2.45, 2.75) is 78.1 Å². The fraction of sp³-hybridized carbons (Fsp3) is 0.870. The van der Waals surface area contributed by atoms with Crippen LogP contribution in [0, 0.1) is 11.3 Å². The van der Waals surface area contributed by atoms with Gasteiger partial charge in [-0.15, -0.1) is 0 Å². The van der Waals surface area contributed by atoms with E-state index < -0.39 is 33.3 Å². The first-order valence-corrected chi connectivity index (χ1v) is 16.5. The van der Waals surface area contributed by atoms with Crippen LogP contribution in [-0.4, -0.2) is 68.4 Å². The van der Waals surface area contributed by atoms with Crippen LogP contribution >= 0.6 is 21.6 Å². The van der Waals surface area contributed by atoms with Gasteiger partial charge in [-0.3, -0.25) is 13.8 Å². The number of hydrogen-bond acceptors (Lipinski definition) is 9. The summed E-state index contributed by atoms with van der Waals surface area (Å²) < 4.78 is 34.2. The lowest BCUT2D eigenvalue weighted by atomic mass is 9.72. The van der Waals surface area contributed by atoms with Gasteiger partial charge in [-0.05, 0) is 31.1 Å². The van der Waals surface area contributed by atoms with E-state index in [1.165, 1.54) is 21.6 Å². The molecule has 0 radical (unpaired) electrons. The van der Waals surface area contributed by atoms with Crippen molar-refractivity contribution < 1.29 is 36.8 Å². The lowest BCUT2D eigenvalue weighted by Gasteiger charge is -2.36. The zero-order valence-corrected chi connectivity index (χ0v) is 23.4. The second-order valence-corrected chi connectivity index (χ2v) is 13.4. The highest BCUT2D eigenvalue weighted by Crippen LogP contribution is 2.38. The summed E-state index contributed by atoms with van der Waals surface area (Å²) in [5.74, 6) is -1.00. The summed E-state index contributed by atoms with van der Waals surface area (Å²) >= 11 is 0. The minimum atomic E-state index is -3.89. The van der Waals surface area contributed by atoms with E-state index in [2.05, 4.69) is 5.32 Å². The maximum absolute atomic E-state index is 12.3. The lowest BCUT2D eigenvalue weighted by Crippen LogP contribution is -2.40. The SMILES string of the molecule is CCCC(CCC)C(=O)CS(=O)(=O)OCCSSCCOC(=O)NCC1(CC(=O)O)CCCCC1. The molecule has 0 aromatic carbocycles. The molecule has 0 aromatic rings. The minimum Gasteiger partial charge on any atom is -0.481 e. The number of aliphatic carboxylic acids is 1. The van der Waals surface area contributed by atoms with E-state index in [1.54, 1.807) is 0 Å². The molecule has 1 aliphatic carbocycles. The molecule has 0 aliphatic heterocycles. The Kier molecular flexibility index (Phi) is 16.0. The Morgan fingerprint density at radius 1 is 1.00 bits per heavy atom. The number of carboxylic acid groups (broad SMARTS) is 1. The summed E-state index contributed by atoms with van der Waals surface area (Å²) in [7, 11) is -1.07. The number of ketones is 1. The van der Waals surface area contributed by atoms with Crippen molar-refractivity contribution in [3.05, 3.63) is 0 Å². The fourth-order valence-corrected chi connectivity index (χ4v) is 7.09. The molecule has 1 amide bonds. The fourth-order valence-electron chi connectivity index (χ4n) is 4.33. The Bertz CT molecular complexity index is 748. The molecule has 0 aromatic heterocycles. The van der Waals surface area contributed by atoms with Crippen molar-refractivity contribution in [2.75, 3.05) is 37.0 Å². The van der Waals surface area contributed by atoms with Crippen LogP contribution in [0.4, 0.5) is 4.79 Å². The maximum atomic E-state index is 12.3. The van der Waals surface area contributed by atoms with Gasteiger partial charge in [-0.1, -0.05) is 67.5 Å². The zero-order chi connectivity index (χ0) is 26.2. The number of hydrogen-bond donors (Lipinski definition) is 2. The molecule has 1 rings (SSSR count). The molecule has 0 spiro atoms. The predicted molar refractivity (Wildman–Crippen MR) is 140 cm³/mol. The number of Topliss-reactive ketones (excluding diaryl/α,β-unsaturated/α-hetero) is 1. The summed E-state index contributed by atoms with van der Waals surface area (Å²) in [4.78, 5) is 35.4. The molecular weight excluding hydrogens is 514 g/mol. The molecule has 1 saturated carbocycles. The Balaban J connectivity index is 2.17. The molecule has 1 aliphatic rings. The van der Waals surface area contributed by atoms with E-state index in [0.29, 0.717) is 30.9 Å². The van der Waals surface area contributed by atoms with E-state index in [-0.39, 0.29) is 31.3 Å². The summed E-state index contributed by atoms with van der Waals surface area (Å²) in [5, 5.41) is 11.9. The van der Waals surface area contributed by atoms with Crippen molar-refractivity contribution in [1.29, 1.82) is 0 Å². The summed E-state index contributed by atoms with van der Waals surface area (Å²) in [6.45, 7) is 4.41. The molecule has 0 bridgehead atoms. The third-order valence-electron chi connectivity index (χ3n) is 6.01. The maximum Gasteiger partial charge on any atom is 0.407 e. The third-order valence-corrected chi connectivity index (χ3v) is 9.51. The number of carbonyl (C=O) groups excluding carboxylic acids is 2. The first-order chi connectivity index (χ1) is 16.6. The highest BCUT2D eigenvalue weighted by Gasteiger charge is 2.34.